The molecule has 2 aromatic rings. The van der Waals surface area contributed by atoms with Gasteiger partial charge in [-0.1, -0.05) is 0 Å². The Kier molecular flexibility index (Phi) is 2.94. The normalized spacial score (nSPS) is 16.4. The Morgan fingerprint density at radius 3 is 2.30 bits per heavy atom. The number of benzene rings is 1. The van der Waals surface area contributed by atoms with Crippen LogP contribution in [0.15, 0.2) is 12.1 Å². The first kappa shape index (κ1) is 13.3. The molecule has 108 valence electrons. The minimum Gasteiger partial charge on any atom is -0.493 e. The number of hydrogen-bond donors (Lipinski definition) is 1. The largest absolute Gasteiger partial charge is 0.493 e. The summed E-state index contributed by atoms with van der Waals surface area (Å²) in [6.45, 7) is 2.88. The molecule has 1 saturated carbocycles. The van der Waals surface area contributed by atoms with Gasteiger partial charge in [-0.2, -0.15) is 0 Å². The van der Waals surface area contributed by atoms with E-state index in [4.69, 9.17) is 15.2 Å². The quantitative estimate of drug-likeness (QED) is 0.932. The van der Waals surface area contributed by atoms with Gasteiger partial charge in [0.05, 0.1) is 19.7 Å². The summed E-state index contributed by atoms with van der Waals surface area (Å²) in [6.07, 6.45) is 2.36. The fourth-order valence-corrected chi connectivity index (χ4v) is 3.27. The van der Waals surface area contributed by atoms with Crippen molar-refractivity contribution in [2.24, 2.45) is 12.8 Å². The molecule has 1 aromatic carbocycles. The van der Waals surface area contributed by atoms with Crippen LogP contribution in [0.1, 0.15) is 24.1 Å². The van der Waals surface area contributed by atoms with Crippen molar-refractivity contribution in [3.8, 4) is 11.5 Å². The number of nitrogens with two attached hydrogens (primary N) is 1. The number of hydrogen-bond acceptors (Lipinski definition) is 3. The zero-order valence-corrected chi connectivity index (χ0v) is 12.6. The van der Waals surface area contributed by atoms with E-state index in [1.165, 1.54) is 35.0 Å². The molecule has 0 saturated heterocycles. The maximum absolute atomic E-state index is 6.03. The number of fused-ring (bicyclic) bond motifs is 1. The van der Waals surface area contributed by atoms with Crippen molar-refractivity contribution < 1.29 is 9.47 Å². The fourth-order valence-electron chi connectivity index (χ4n) is 3.27. The van der Waals surface area contributed by atoms with Crippen LogP contribution >= 0.6 is 0 Å². The van der Waals surface area contributed by atoms with Crippen LogP contribution in [-0.4, -0.2) is 25.3 Å². The fraction of sp³-hybridized carbons (Fsp3) is 0.500. The molecule has 1 aromatic heterocycles. The van der Waals surface area contributed by atoms with Crippen LogP contribution in [0.4, 0.5) is 0 Å². The second kappa shape index (κ2) is 4.42. The van der Waals surface area contributed by atoms with Crippen molar-refractivity contribution in [2.45, 2.75) is 25.2 Å². The Balaban J connectivity index is 2.33. The Labute approximate surface area is 119 Å². The van der Waals surface area contributed by atoms with E-state index in [2.05, 4.69) is 30.7 Å². The van der Waals surface area contributed by atoms with Crippen molar-refractivity contribution >= 4 is 10.9 Å². The minimum absolute atomic E-state index is 0.170. The first-order chi connectivity index (χ1) is 9.57. The molecule has 1 aliphatic rings. The van der Waals surface area contributed by atoms with Gasteiger partial charge in [-0.15, -0.1) is 0 Å². The molecule has 3 rings (SSSR count). The smallest absolute Gasteiger partial charge is 0.162 e. The van der Waals surface area contributed by atoms with Gasteiger partial charge in [-0.3, -0.25) is 0 Å². The van der Waals surface area contributed by atoms with Gasteiger partial charge in [-0.05, 0) is 31.4 Å². The summed E-state index contributed by atoms with van der Waals surface area (Å²) in [5, 5.41) is 1.24. The molecule has 0 atom stereocenters. The van der Waals surface area contributed by atoms with E-state index >= 15 is 0 Å². The molecule has 4 heteroatoms. The zero-order chi connectivity index (χ0) is 14.5. The summed E-state index contributed by atoms with van der Waals surface area (Å²) in [5.74, 6) is 1.55. The topological polar surface area (TPSA) is 49.4 Å². The van der Waals surface area contributed by atoms with E-state index in [1.54, 1.807) is 14.2 Å². The van der Waals surface area contributed by atoms with Gasteiger partial charge < -0.3 is 19.8 Å². The Bertz CT molecular complexity index is 669. The van der Waals surface area contributed by atoms with E-state index in [-0.39, 0.29) is 5.41 Å². The highest BCUT2D eigenvalue weighted by molar-refractivity contribution is 5.90. The molecular weight excluding hydrogens is 252 g/mol. The van der Waals surface area contributed by atoms with Gasteiger partial charge in [0.25, 0.3) is 0 Å². The number of methoxy groups -OCH3 is 2. The van der Waals surface area contributed by atoms with Crippen LogP contribution in [0, 0.1) is 6.92 Å². The number of rotatable bonds is 4. The molecule has 2 N–H and O–H groups in total. The number of nitrogens with zero attached hydrogens (tertiary/aromatic N) is 1. The predicted octanol–water partition coefficient (Wildman–Crippen LogP) is 2.49. The number of aryl methyl sites for hydroxylation is 1. The van der Waals surface area contributed by atoms with Gasteiger partial charge in [0.15, 0.2) is 11.5 Å². The first-order valence-electron chi connectivity index (χ1n) is 6.99. The number of aromatic nitrogens is 1. The SMILES string of the molecule is COc1cc2c(C3(CN)CC3)c(C)n(C)c2cc1OC. The summed E-state index contributed by atoms with van der Waals surface area (Å²) in [4.78, 5) is 0. The lowest BCUT2D eigenvalue weighted by Crippen LogP contribution is -2.20. The lowest BCUT2D eigenvalue weighted by Gasteiger charge is -2.14. The second-order valence-corrected chi connectivity index (χ2v) is 5.73. The third kappa shape index (κ3) is 1.64. The zero-order valence-electron chi connectivity index (χ0n) is 12.6. The standard InChI is InChI=1S/C16H22N2O2/c1-10-15(16(9-17)5-6-16)11-7-13(19-3)14(20-4)8-12(11)18(10)2/h7-8H,5-6,9,17H2,1-4H3. The van der Waals surface area contributed by atoms with Crippen LogP contribution < -0.4 is 15.2 Å². The van der Waals surface area contributed by atoms with Crippen molar-refractivity contribution in [1.82, 2.24) is 4.57 Å². The highest BCUT2D eigenvalue weighted by Gasteiger charge is 2.46. The van der Waals surface area contributed by atoms with E-state index in [0.29, 0.717) is 6.54 Å². The maximum atomic E-state index is 6.03. The summed E-state index contributed by atoms with van der Waals surface area (Å²) >= 11 is 0. The van der Waals surface area contributed by atoms with Gasteiger partial charge >= 0.3 is 0 Å². The van der Waals surface area contributed by atoms with E-state index in [1.807, 2.05) is 0 Å². The first-order valence-corrected chi connectivity index (χ1v) is 6.99. The van der Waals surface area contributed by atoms with Crippen molar-refractivity contribution in [3.63, 3.8) is 0 Å². The third-order valence-electron chi connectivity index (χ3n) is 4.77. The summed E-state index contributed by atoms with van der Waals surface area (Å²) in [6, 6.07) is 4.14. The van der Waals surface area contributed by atoms with Crippen LogP contribution in [-0.2, 0) is 12.5 Å². The summed E-state index contributed by atoms with van der Waals surface area (Å²) in [5.41, 5.74) is 10.1. The molecule has 1 heterocycles. The lowest BCUT2D eigenvalue weighted by molar-refractivity contribution is 0.355. The summed E-state index contributed by atoms with van der Waals surface area (Å²) < 4.78 is 13.1. The molecule has 4 nitrogen and oxygen atoms in total. The molecule has 0 unspecified atom stereocenters. The predicted molar refractivity (Wildman–Crippen MR) is 80.7 cm³/mol. The average molecular weight is 274 g/mol. The number of ether oxygens (including phenoxy) is 2. The van der Waals surface area contributed by atoms with Crippen molar-refractivity contribution in [3.05, 3.63) is 23.4 Å². The van der Waals surface area contributed by atoms with Crippen LogP contribution in [0.3, 0.4) is 0 Å². The summed E-state index contributed by atoms with van der Waals surface area (Å²) in [7, 11) is 5.44. The average Bonchev–Trinajstić information content (AvgIpc) is 3.22. The third-order valence-corrected chi connectivity index (χ3v) is 4.77. The monoisotopic (exact) mass is 274 g/mol. The molecule has 1 fully saturated rings. The van der Waals surface area contributed by atoms with Crippen LogP contribution in [0.25, 0.3) is 10.9 Å². The molecule has 0 spiro atoms. The Morgan fingerprint density at radius 1 is 1.20 bits per heavy atom. The second-order valence-electron chi connectivity index (χ2n) is 5.73. The molecule has 20 heavy (non-hydrogen) atoms. The van der Waals surface area contributed by atoms with Gasteiger partial charge in [0.2, 0.25) is 0 Å². The van der Waals surface area contributed by atoms with E-state index in [0.717, 1.165) is 11.5 Å². The highest BCUT2D eigenvalue weighted by Crippen LogP contribution is 2.52. The molecule has 0 aliphatic heterocycles. The van der Waals surface area contributed by atoms with Crippen molar-refractivity contribution in [2.75, 3.05) is 20.8 Å². The molecule has 0 amide bonds. The Hall–Kier alpha value is -1.68. The molecule has 1 aliphatic carbocycles. The lowest BCUT2D eigenvalue weighted by atomic mass is 9.93. The molecule has 0 bridgehead atoms. The van der Waals surface area contributed by atoms with E-state index in [9.17, 15) is 0 Å². The highest BCUT2D eigenvalue weighted by atomic mass is 16.5. The minimum atomic E-state index is 0.170. The molecule has 0 radical (unpaired) electrons. The maximum Gasteiger partial charge on any atom is 0.162 e. The van der Waals surface area contributed by atoms with Gasteiger partial charge in [-0.25, -0.2) is 0 Å². The van der Waals surface area contributed by atoms with Gasteiger partial charge in [0, 0.05) is 36.2 Å². The molecular formula is C16H22N2O2. The van der Waals surface area contributed by atoms with Crippen LogP contribution in [0.2, 0.25) is 0 Å². The van der Waals surface area contributed by atoms with Gasteiger partial charge in [0.1, 0.15) is 0 Å². The Morgan fingerprint density at radius 2 is 1.80 bits per heavy atom. The van der Waals surface area contributed by atoms with Crippen LogP contribution in [0.5, 0.6) is 11.5 Å². The van der Waals surface area contributed by atoms with Crippen molar-refractivity contribution in [1.29, 1.82) is 0 Å². The van der Waals surface area contributed by atoms with E-state index < -0.39 is 0 Å².